The van der Waals surface area contributed by atoms with Gasteiger partial charge in [0, 0.05) is 26.2 Å². The molecule has 0 radical (unpaired) electrons. The molecule has 1 fully saturated rings. The van der Waals surface area contributed by atoms with Crippen LogP contribution in [0.15, 0.2) is 46.9 Å². The summed E-state index contributed by atoms with van der Waals surface area (Å²) in [6.07, 6.45) is 0.228. The SMILES string of the molecule is O=C(CN1CCN(C(=O)Cc2ccc(F)c(Br)c2)CC1)Nc1ccccc1Cl. The van der Waals surface area contributed by atoms with E-state index in [0.29, 0.717) is 41.4 Å². The summed E-state index contributed by atoms with van der Waals surface area (Å²) < 4.78 is 13.7. The second kappa shape index (κ2) is 9.49. The van der Waals surface area contributed by atoms with E-state index in [0.717, 1.165) is 5.56 Å². The highest BCUT2D eigenvalue weighted by Crippen LogP contribution is 2.20. The highest BCUT2D eigenvalue weighted by atomic mass is 79.9. The summed E-state index contributed by atoms with van der Waals surface area (Å²) in [6.45, 7) is 2.60. The monoisotopic (exact) mass is 467 g/mol. The Morgan fingerprint density at radius 3 is 2.50 bits per heavy atom. The lowest BCUT2D eigenvalue weighted by Gasteiger charge is -2.34. The molecule has 0 bridgehead atoms. The summed E-state index contributed by atoms with van der Waals surface area (Å²) in [5.41, 5.74) is 1.35. The second-order valence-corrected chi connectivity index (χ2v) is 7.87. The average Bonchev–Trinajstić information content (AvgIpc) is 2.67. The van der Waals surface area contributed by atoms with Crippen LogP contribution in [0.1, 0.15) is 5.56 Å². The number of para-hydroxylation sites is 1. The fraction of sp³-hybridized carbons (Fsp3) is 0.300. The average molecular weight is 469 g/mol. The first kappa shape index (κ1) is 20.8. The molecule has 1 aliphatic heterocycles. The highest BCUT2D eigenvalue weighted by Gasteiger charge is 2.22. The van der Waals surface area contributed by atoms with E-state index in [1.807, 2.05) is 11.0 Å². The molecule has 2 amide bonds. The molecule has 8 heteroatoms. The second-order valence-electron chi connectivity index (χ2n) is 6.61. The molecule has 1 heterocycles. The van der Waals surface area contributed by atoms with E-state index in [2.05, 4.69) is 21.2 Å². The zero-order chi connectivity index (χ0) is 20.1. The molecule has 0 saturated carbocycles. The number of benzene rings is 2. The summed E-state index contributed by atoms with van der Waals surface area (Å²) in [6, 6.07) is 11.7. The molecule has 1 N–H and O–H groups in total. The number of nitrogens with one attached hydrogen (secondary N) is 1. The van der Waals surface area contributed by atoms with Gasteiger partial charge in [0.15, 0.2) is 0 Å². The molecule has 1 aliphatic rings. The van der Waals surface area contributed by atoms with Crippen LogP contribution in [0.4, 0.5) is 10.1 Å². The van der Waals surface area contributed by atoms with E-state index in [4.69, 9.17) is 11.6 Å². The minimum Gasteiger partial charge on any atom is -0.340 e. The number of carbonyl (C=O) groups excluding carboxylic acids is 2. The van der Waals surface area contributed by atoms with Crippen molar-refractivity contribution >= 4 is 45.0 Å². The summed E-state index contributed by atoms with van der Waals surface area (Å²) >= 11 is 9.19. The molecule has 0 atom stereocenters. The van der Waals surface area contributed by atoms with E-state index in [1.165, 1.54) is 6.07 Å². The number of carbonyl (C=O) groups is 2. The van der Waals surface area contributed by atoms with Crippen LogP contribution < -0.4 is 5.32 Å². The molecule has 2 aromatic carbocycles. The molecule has 0 aliphatic carbocycles. The molecular formula is C20H20BrClFN3O2. The van der Waals surface area contributed by atoms with Gasteiger partial charge in [-0.1, -0.05) is 29.8 Å². The van der Waals surface area contributed by atoms with Crippen LogP contribution in [0.5, 0.6) is 0 Å². The van der Waals surface area contributed by atoms with Gasteiger partial charge in [-0.3, -0.25) is 14.5 Å². The maximum Gasteiger partial charge on any atom is 0.238 e. The highest BCUT2D eigenvalue weighted by molar-refractivity contribution is 9.10. The van der Waals surface area contributed by atoms with E-state index in [9.17, 15) is 14.0 Å². The van der Waals surface area contributed by atoms with E-state index in [-0.39, 0.29) is 30.6 Å². The van der Waals surface area contributed by atoms with Gasteiger partial charge in [0.1, 0.15) is 5.82 Å². The lowest BCUT2D eigenvalue weighted by molar-refractivity contribution is -0.132. The first-order valence-electron chi connectivity index (χ1n) is 8.91. The van der Waals surface area contributed by atoms with Gasteiger partial charge in [-0.25, -0.2) is 4.39 Å². The molecule has 148 valence electrons. The number of halogens is 3. The van der Waals surface area contributed by atoms with Gasteiger partial charge in [0.2, 0.25) is 11.8 Å². The Morgan fingerprint density at radius 2 is 1.82 bits per heavy atom. The number of nitrogens with zero attached hydrogens (tertiary/aromatic N) is 2. The Labute approximate surface area is 176 Å². The van der Waals surface area contributed by atoms with E-state index >= 15 is 0 Å². The summed E-state index contributed by atoms with van der Waals surface area (Å²) in [4.78, 5) is 28.5. The van der Waals surface area contributed by atoms with Crippen molar-refractivity contribution in [1.82, 2.24) is 9.80 Å². The zero-order valence-electron chi connectivity index (χ0n) is 15.1. The number of rotatable bonds is 5. The maximum atomic E-state index is 13.3. The van der Waals surface area contributed by atoms with Crippen molar-refractivity contribution in [3.05, 3.63) is 63.3 Å². The number of hydrogen-bond acceptors (Lipinski definition) is 3. The van der Waals surface area contributed by atoms with Gasteiger partial charge in [-0.2, -0.15) is 0 Å². The van der Waals surface area contributed by atoms with Crippen molar-refractivity contribution in [3.8, 4) is 0 Å². The van der Waals surface area contributed by atoms with Crippen LogP contribution in [0.25, 0.3) is 0 Å². The summed E-state index contributed by atoms with van der Waals surface area (Å²) in [5, 5.41) is 3.30. The van der Waals surface area contributed by atoms with Crippen LogP contribution in [0.2, 0.25) is 5.02 Å². The van der Waals surface area contributed by atoms with Crippen molar-refractivity contribution in [2.45, 2.75) is 6.42 Å². The van der Waals surface area contributed by atoms with Crippen molar-refractivity contribution in [2.75, 3.05) is 38.0 Å². The third-order valence-electron chi connectivity index (χ3n) is 4.58. The molecule has 0 aromatic heterocycles. The fourth-order valence-corrected chi connectivity index (χ4v) is 3.66. The standard InChI is InChI=1S/C20H20BrClFN3O2/c21-15-11-14(5-6-17(15)23)12-20(28)26-9-7-25(8-10-26)13-19(27)24-18-4-2-1-3-16(18)22/h1-6,11H,7-10,12-13H2,(H,24,27). The van der Waals surface area contributed by atoms with Gasteiger partial charge < -0.3 is 10.2 Å². The predicted octanol–water partition coefficient (Wildman–Crippen LogP) is 3.57. The summed E-state index contributed by atoms with van der Waals surface area (Å²) in [7, 11) is 0. The fourth-order valence-electron chi connectivity index (χ4n) is 3.05. The molecule has 1 saturated heterocycles. The Bertz CT molecular complexity index is 872. The predicted molar refractivity (Wildman–Crippen MR) is 111 cm³/mol. The first-order chi connectivity index (χ1) is 13.4. The van der Waals surface area contributed by atoms with E-state index in [1.54, 1.807) is 35.2 Å². The van der Waals surface area contributed by atoms with E-state index < -0.39 is 0 Å². The number of hydrogen-bond donors (Lipinski definition) is 1. The van der Waals surface area contributed by atoms with Crippen molar-refractivity contribution in [3.63, 3.8) is 0 Å². The lowest BCUT2D eigenvalue weighted by atomic mass is 10.1. The molecule has 3 rings (SSSR count). The molecule has 2 aromatic rings. The molecule has 28 heavy (non-hydrogen) atoms. The largest absolute Gasteiger partial charge is 0.340 e. The topological polar surface area (TPSA) is 52.7 Å². The number of amides is 2. The third kappa shape index (κ3) is 5.53. The maximum absolute atomic E-state index is 13.3. The van der Waals surface area contributed by atoms with Gasteiger partial charge in [0.25, 0.3) is 0 Å². The molecule has 5 nitrogen and oxygen atoms in total. The Balaban J connectivity index is 1.46. The van der Waals surface area contributed by atoms with Gasteiger partial charge in [0.05, 0.1) is 28.1 Å². The molecule has 0 unspecified atom stereocenters. The third-order valence-corrected chi connectivity index (χ3v) is 5.52. The Hall–Kier alpha value is -1.96. The van der Waals surface area contributed by atoms with Crippen LogP contribution in [-0.4, -0.2) is 54.3 Å². The number of anilines is 1. The molecular weight excluding hydrogens is 449 g/mol. The smallest absolute Gasteiger partial charge is 0.238 e. The van der Waals surface area contributed by atoms with Crippen LogP contribution >= 0.6 is 27.5 Å². The van der Waals surface area contributed by atoms with Gasteiger partial charge >= 0.3 is 0 Å². The van der Waals surface area contributed by atoms with Crippen LogP contribution in [0, 0.1) is 5.82 Å². The zero-order valence-corrected chi connectivity index (χ0v) is 17.5. The summed E-state index contributed by atoms with van der Waals surface area (Å²) in [5.74, 6) is -0.484. The molecule has 0 spiro atoms. The van der Waals surface area contributed by atoms with Crippen molar-refractivity contribution < 1.29 is 14.0 Å². The van der Waals surface area contributed by atoms with Crippen LogP contribution in [0.3, 0.4) is 0 Å². The van der Waals surface area contributed by atoms with Gasteiger partial charge in [-0.15, -0.1) is 0 Å². The van der Waals surface area contributed by atoms with Crippen LogP contribution in [-0.2, 0) is 16.0 Å². The lowest BCUT2D eigenvalue weighted by Crippen LogP contribution is -2.50. The minimum atomic E-state index is -0.347. The van der Waals surface area contributed by atoms with Crippen molar-refractivity contribution in [2.24, 2.45) is 0 Å². The van der Waals surface area contributed by atoms with Crippen molar-refractivity contribution in [1.29, 1.82) is 0 Å². The quantitative estimate of drug-likeness (QED) is 0.730. The minimum absolute atomic E-state index is 0.00122. The first-order valence-corrected chi connectivity index (χ1v) is 10.1. The number of piperazine rings is 1. The van der Waals surface area contributed by atoms with Gasteiger partial charge in [-0.05, 0) is 45.8 Å². The Kier molecular flexibility index (Phi) is 7.04. The Morgan fingerprint density at radius 1 is 1.11 bits per heavy atom. The normalized spacial score (nSPS) is 14.8.